The molecule has 0 radical (unpaired) electrons. The fourth-order valence-electron chi connectivity index (χ4n) is 2.79. The predicted molar refractivity (Wildman–Crippen MR) is 129 cm³/mol. The molecule has 1 amide bonds. The Morgan fingerprint density at radius 2 is 1.72 bits per heavy atom. The van der Waals surface area contributed by atoms with Crippen LogP contribution in [0.3, 0.4) is 0 Å². The molecule has 0 aliphatic rings. The first-order valence-corrected chi connectivity index (χ1v) is 11.6. The fraction of sp³-hybridized carbons (Fsp3) is 0.0435. The summed E-state index contributed by atoms with van der Waals surface area (Å²) in [5.74, 6) is -0.459. The third-order valence-electron chi connectivity index (χ3n) is 4.38. The fourth-order valence-corrected chi connectivity index (χ4v) is 4.70. The Morgan fingerprint density at radius 3 is 2.34 bits per heavy atom. The van der Waals surface area contributed by atoms with E-state index < -0.39 is 15.9 Å². The van der Waals surface area contributed by atoms with Gasteiger partial charge in [-0.15, -0.1) is 6.58 Å². The monoisotopic (exact) mass is 487 g/mol. The number of carbonyl (C=O) groups is 1. The second-order valence-electron chi connectivity index (χ2n) is 6.55. The lowest BCUT2D eigenvalue weighted by molar-refractivity contribution is 0.0955. The molecule has 0 atom stereocenters. The van der Waals surface area contributed by atoms with Gasteiger partial charge in [0.15, 0.2) is 0 Å². The molecule has 0 spiro atoms. The minimum Gasteiger partial charge on any atom is -0.267 e. The highest BCUT2D eigenvalue weighted by Crippen LogP contribution is 2.24. The van der Waals surface area contributed by atoms with Gasteiger partial charge in [-0.3, -0.25) is 9.10 Å². The van der Waals surface area contributed by atoms with Crippen molar-refractivity contribution in [3.63, 3.8) is 0 Å². The molecule has 0 heterocycles. The maximum absolute atomic E-state index is 13.0. The van der Waals surface area contributed by atoms with Crippen molar-refractivity contribution in [2.45, 2.75) is 4.90 Å². The first-order chi connectivity index (χ1) is 15.3. The minimum atomic E-state index is -3.79. The molecule has 0 saturated carbocycles. The molecule has 0 aliphatic carbocycles. The Kier molecular flexibility index (Phi) is 7.69. The van der Waals surface area contributed by atoms with Crippen LogP contribution in [-0.2, 0) is 10.0 Å². The van der Waals surface area contributed by atoms with Crippen LogP contribution in [0.25, 0.3) is 0 Å². The van der Waals surface area contributed by atoms with Crippen molar-refractivity contribution in [3.05, 3.63) is 107 Å². The molecule has 164 valence electrons. The van der Waals surface area contributed by atoms with Crippen LogP contribution in [0.5, 0.6) is 0 Å². The largest absolute Gasteiger partial charge is 0.271 e. The van der Waals surface area contributed by atoms with E-state index >= 15 is 0 Å². The first-order valence-electron chi connectivity index (χ1n) is 9.40. The third-order valence-corrected chi connectivity index (χ3v) is 6.75. The van der Waals surface area contributed by atoms with Gasteiger partial charge in [-0.05, 0) is 48.5 Å². The van der Waals surface area contributed by atoms with Crippen LogP contribution in [0, 0.1) is 0 Å². The number of sulfonamides is 1. The molecule has 0 aromatic heterocycles. The van der Waals surface area contributed by atoms with E-state index in [1.807, 2.05) is 0 Å². The standard InChI is InChI=1S/C23H19Cl2N3O3S/c1-2-14-28(32(30,31)21-6-4-3-5-7-21)20-12-9-17(10-13-20)23(29)27-26-16-18-8-11-19(24)15-22(18)25/h2-13,15-16H,1,14H2,(H,27,29)/b26-16-. The van der Waals surface area contributed by atoms with Crippen molar-refractivity contribution in [1.29, 1.82) is 0 Å². The van der Waals surface area contributed by atoms with E-state index in [9.17, 15) is 13.2 Å². The number of nitrogens with one attached hydrogen (secondary N) is 1. The summed E-state index contributed by atoms with van der Waals surface area (Å²) >= 11 is 11.9. The summed E-state index contributed by atoms with van der Waals surface area (Å²) in [5.41, 5.74) is 3.72. The Balaban J connectivity index is 1.75. The van der Waals surface area contributed by atoms with Gasteiger partial charge in [0.25, 0.3) is 15.9 Å². The molecule has 0 unspecified atom stereocenters. The van der Waals surface area contributed by atoms with E-state index in [0.717, 1.165) is 0 Å². The molecular formula is C23H19Cl2N3O3S. The van der Waals surface area contributed by atoms with Crippen LogP contribution in [0.15, 0.2) is 95.4 Å². The molecule has 0 aliphatic heterocycles. The highest BCUT2D eigenvalue weighted by Gasteiger charge is 2.23. The predicted octanol–water partition coefficient (Wildman–Crippen LogP) is 5.14. The zero-order valence-corrected chi connectivity index (χ0v) is 19.1. The van der Waals surface area contributed by atoms with Crippen LogP contribution in [0.2, 0.25) is 10.0 Å². The smallest absolute Gasteiger partial charge is 0.267 e. The molecule has 9 heteroatoms. The summed E-state index contributed by atoms with van der Waals surface area (Å²) in [6.45, 7) is 3.72. The molecule has 0 bridgehead atoms. The highest BCUT2D eigenvalue weighted by atomic mass is 35.5. The lowest BCUT2D eigenvalue weighted by Crippen LogP contribution is -2.31. The molecule has 6 nitrogen and oxygen atoms in total. The quantitative estimate of drug-likeness (QED) is 0.271. The molecule has 3 rings (SSSR count). The number of anilines is 1. The summed E-state index contributed by atoms with van der Waals surface area (Å²) in [4.78, 5) is 12.5. The van der Waals surface area contributed by atoms with E-state index in [2.05, 4.69) is 17.1 Å². The maximum atomic E-state index is 13.0. The van der Waals surface area contributed by atoms with Crippen LogP contribution in [-0.4, -0.2) is 27.1 Å². The first kappa shape index (κ1) is 23.5. The SMILES string of the molecule is C=CCN(c1ccc(C(=O)N/N=C\c2ccc(Cl)cc2Cl)cc1)S(=O)(=O)c1ccccc1. The molecular weight excluding hydrogens is 469 g/mol. The van der Waals surface area contributed by atoms with E-state index in [-0.39, 0.29) is 11.4 Å². The third kappa shape index (κ3) is 5.56. The van der Waals surface area contributed by atoms with Crippen molar-refractivity contribution in [2.75, 3.05) is 10.8 Å². The van der Waals surface area contributed by atoms with E-state index in [1.54, 1.807) is 48.5 Å². The van der Waals surface area contributed by atoms with Crippen molar-refractivity contribution in [1.82, 2.24) is 5.43 Å². The second kappa shape index (κ2) is 10.5. The van der Waals surface area contributed by atoms with Gasteiger partial charge in [0.1, 0.15) is 0 Å². The molecule has 0 fully saturated rings. The average Bonchev–Trinajstić information content (AvgIpc) is 2.79. The number of nitrogens with zero attached hydrogens (tertiary/aromatic N) is 2. The number of hydrogen-bond donors (Lipinski definition) is 1. The van der Waals surface area contributed by atoms with Gasteiger partial charge in [0.05, 0.1) is 28.4 Å². The maximum Gasteiger partial charge on any atom is 0.271 e. The number of halogens is 2. The van der Waals surface area contributed by atoms with Gasteiger partial charge in [0.2, 0.25) is 0 Å². The van der Waals surface area contributed by atoms with Crippen LogP contribution in [0.1, 0.15) is 15.9 Å². The topological polar surface area (TPSA) is 78.8 Å². The molecule has 32 heavy (non-hydrogen) atoms. The molecule has 0 saturated heterocycles. The van der Waals surface area contributed by atoms with Crippen molar-refractivity contribution < 1.29 is 13.2 Å². The Morgan fingerprint density at radius 1 is 1.03 bits per heavy atom. The minimum absolute atomic E-state index is 0.0783. The van der Waals surface area contributed by atoms with Crippen LogP contribution >= 0.6 is 23.2 Å². The van der Waals surface area contributed by atoms with E-state index in [1.165, 1.54) is 40.9 Å². The normalized spacial score (nSPS) is 11.3. The van der Waals surface area contributed by atoms with Gasteiger partial charge in [-0.25, -0.2) is 13.8 Å². The highest BCUT2D eigenvalue weighted by molar-refractivity contribution is 7.92. The number of benzene rings is 3. The summed E-state index contributed by atoms with van der Waals surface area (Å²) in [6.07, 6.45) is 2.90. The average molecular weight is 488 g/mol. The number of hydrogen-bond acceptors (Lipinski definition) is 4. The number of amides is 1. The van der Waals surface area contributed by atoms with Gasteiger partial charge in [-0.2, -0.15) is 5.10 Å². The van der Waals surface area contributed by atoms with Crippen molar-refractivity contribution in [2.24, 2.45) is 5.10 Å². The zero-order chi connectivity index (χ0) is 23.1. The lowest BCUT2D eigenvalue weighted by Gasteiger charge is -2.23. The second-order valence-corrected chi connectivity index (χ2v) is 9.26. The lowest BCUT2D eigenvalue weighted by atomic mass is 10.2. The van der Waals surface area contributed by atoms with Gasteiger partial charge < -0.3 is 0 Å². The Labute approximate surface area is 196 Å². The van der Waals surface area contributed by atoms with E-state index in [0.29, 0.717) is 26.9 Å². The van der Waals surface area contributed by atoms with Gasteiger partial charge in [-0.1, -0.05) is 53.5 Å². The van der Waals surface area contributed by atoms with Crippen LogP contribution < -0.4 is 9.73 Å². The number of hydrazone groups is 1. The number of rotatable bonds is 8. The van der Waals surface area contributed by atoms with Crippen LogP contribution in [0.4, 0.5) is 5.69 Å². The van der Waals surface area contributed by atoms with Gasteiger partial charge in [0, 0.05) is 16.1 Å². The van der Waals surface area contributed by atoms with Crippen molar-refractivity contribution in [3.8, 4) is 0 Å². The van der Waals surface area contributed by atoms with Crippen molar-refractivity contribution >= 4 is 51.0 Å². The van der Waals surface area contributed by atoms with E-state index in [4.69, 9.17) is 23.2 Å². The molecule has 3 aromatic carbocycles. The Hall–Kier alpha value is -3.13. The van der Waals surface area contributed by atoms with Gasteiger partial charge >= 0.3 is 0 Å². The summed E-state index contributed by atoms with van der Waals surface area (Å²) < 4.78 is 27.3. The number of carbonyl (C=O) groups excluding carboxylic acids is 1. The molecule has 1 N–H and O–H groups in total. The summed E-state index contributed by atoms with van der Waals surface area (Å²) in [5, 5.41) is 4.80. The zero-order valence-electron chi connectivity index (χ0n) is 16.8. The molecule has 3 aromatic rings. The summed E-state index contributed by atoms with van der Waals surface area (Å²) in [7, 11) is -3.79. The Bertz CT molecular complexity index is 1250. The summed E-state index contributed by atoms with van der Waals surface area (Å²) in [6, 6.07) is 19.2.